The predicted molar refractivity (Wildman–Crippen MR) is 96.2 cm³/mol. The van der Waals surface area contributed by atoms with Crippen molar-refractivity contribution in [2.75, 3.05) is 13.1 Å². The third-order valence-corrected chi connectivity index (χ3v) is 6.13. The number of piperidine rings is 1. The Morgan fingerprint density at radius 1 is 1.28 bits per heavy atom. The number of furan rings is 1. The molecule has 0 bridgehead atoms. The van der Waals surface area contributed by atoms with E-state index in [-0.39, 0.29) is 11.9 Å². The van der Waals surface area contributed by atoms with E-state index in [1.807, 2.05) is 26.0 Å². The van der Waals surface area contributed by atoms with Gasteiger partial charge in [-0.05, 0) is 32.4 Å². The number of nitrogens with zero attached hydrogens (tertiary/aromatic N) is 3. The summed E-state index contributed by atoms with van der Waals surface area (Å²) in [6, 6.07) is 4.02. The second-order valence-corrected chi connectivity index (χ2v) is 8.55. The average molecular weight is 361 g/mol. The number of nitrogens with one attached hydrogen (secondary N) is 1. The van der Waals surface area contributed by atoms with E-state index in [9.17, 15) is 5.11 Å². The normalized spacial score (nSPS) is 25.5. The van der Waals surface area contributed by atoms with Crippen molar-refractivity contribution in [1.29, 1.82) is 0 Å². The van der Waals surface area contributed by atoms with Gasteiger partial charge in [-0.15, -0.1) is 5.10 Å². The Bertz CT molecular complexity index is 886. The molecular formula is C18H25N4O2S+. The molecule has 0 unspecified atom stereocenters. The molecule has 0 saturated carbocycles. The standard InChI is InChI=1S/C18H24N4O2S/c1-10-7-11(2)9-21(8-10)15(14-6-5-12(3)24-14)16-17(23)22-18(25-16)19-13(4)20-22/h5-6,10-11,15,23H,7-9H2,1-4H3/p+1/t10-,11-,15+/m0/s1. The van der Waals surface area contributed by atoms with Crippen LogP contribution in [0, 0.1) is 25.7 Å². The molecule has 134 valence electrons. The van der Waals surface area contributed by atoms with Crippen LogP contribution in [0.15, 0.2) is 16.5 Å². The van der Waals surface area contributed by atoms with E-state index in [1.165, 1.54) is 22.7 Å². The van der Waals surface area contributed by atoms with Gasteiger partial charge in [-0.25, -0.2) is 4.98 Å². The van der Waals surface area contributed by atoms with Crippen LogP contribution in [-0.4, -0.2) is 32.8 Å². The monoisotopic (exact) mass is 361 g/mol. The first-order valence-corrected chi connectivity index (χ1v) is 9.70. The van der Waals surface area contributed by atoms with E-state index >= 15 is 0 Å². The van der Waals surface area contributed by atoms with E-state index < -0.39 is 0 Å². The zero-order chi connectivity index (χ0) is 17.7. The lowest BCUT2D eigenvalue weighted by atomic mass is 9.90. The fraction of sp³-hybridized carbons (Fsp3) is 0.556. The topological polar surface area (TPSA) is 68.0 Å². The number of aromatic hydroxyl groups is 1. The third kappa shape index (κ3) is 2.95. The third-order valence-electron chi connectivity index (χ3n) is 5.05. The van der Waals surface area contributed by atoms with E-state index in [4.69, 9.17) is 4.42 Å². The molecule has 7 heteroatoms. The van der Waals surface area contributed by atoms with Crippen LogP contribution < -0.4 is 4.90 Å². The minimum atomic E-state index is -0.0206. The summed E-state index contributed by atoms with van der Waals surface area (Å²) in [5, 5.41) is 15.1. The molecule has 25 heavy (non-hydrogen) atoms. The van der Waals surface area contributed by atoms with E-state index in [0.29, 0.717) is 17.7 Å². The highest BCUT2D eigenvalue weighted by Gasteiger charge is 2.38. The second-order valence-electron chi connectivity index (χ2n) is 7.54. The van der Waals surface area contributed by atoms with Crippen LogP contribution in [0.5, 0.6) is 5.88 Å². The van der Waals surface area contributed by atoms with Gasteiger partial charge < -0.3 is 14.4 Å². The molecule has 1 fully saturated rings. The molecule has 6 nitrogen and oxygen atoms in total. The average Bonchev–Trinajstić information content (AvgIpc) is 3.17. The van der Waals surface area contributed by atoms with Crippen LogP contribution in [0.3, 0.4) is 0 Å². The molecule has 0 aliphatic carbocycles. The number of quaternary nitrogens is 1. The minimum Gasteiger partial charge on any atom is -0.492 e. The first-order chi connectivity index (χ1) is 11.9. The van der Waals surface area contributed by atoms with Gasteiger partial charge in [0, 0.05) is 11.8 Å². The maximum absolute atomic E-state index is 10.8. The molecule has 1 aliphatic heterocycles. The molecule has 0 spiro atoms. The molecule has 3 aromatic rings. The van der Waals surface area contributed by atoms with Gasteiger partial charge in [0.15, 0.2) is 11.8 Å². The van der Waals surface area contributed by atoms with Crippen LogP contribution in [0.4, 0.5) is 0 Å². The Morgan fingerprint density at radius 2 is 2.00 bits per heavy atom. The Kier molecular flexibility index (Phi) is 4.08. The molecule has 3 atom stereocenters. The Labute approximate surface area is 151 Å². The van der Waals surface area contributed by atoms with Gasteiger partial charge in [0.25, 0.3) is 0 Å². The van der Waals surface area contributed by atoms with E-state index in [0.717, 1.165) is 34.4 Å². The number of thiazole rings is 1. The first-order valence-electron chi connectivity index (χ1n) is 8.88. The first kappa shape index (κ1) is 16.6. The molecule has 0 aromatic carbocycles. The predicted octanol–water partition coefficient (Wildman–Crippen LogP) is 2.36. The fourth-order valence-electron chi connectivity index (χ4n) is 4.23. The maximum Gasteiger partial charge on any atom is 0.235 e. The number of rotatable bonds is 3. The minimum absolute atomic E-state index is 0.0206. The highest BCUT2D eigenvalue weighted by molar-refractivity contribution is 7.17. The lowest BCUT2D eigenvalue weighted by molar-refractivity contribution is -0.937. The second kappa shape index (κ2) is 6.14. The van der Waals surface area contributed by atoms with Crippen molar-refractivity contribution in [3.8, 4) is 5.88 Å². The highest BCUT2D eigenvalue weighted by Crippen LogP contribution is 2.36. The summed E-state index contributed by atoms with van der Waals surface area (Å²) in [6.07, 6.45) is 1.26. The molecular weight excluding hydrogens is 336 g/mol. The van der Waals surface area contributed by atoms with E-state index in [2.05, 4.69) is 23.9 Å². The zero-order valence-corrected chi connectivity index (χ0v) is 15.9. The maximum atomic E-state index is 10.8. The van der Waals surface area contributed by atoms with Gasteiger partial charge in [0.05, 0.1) is 13.1 Å². The Balaban J connectivity index is 1.81. The number of fused-ring (bicyclic) bond motifs is 1. The molecule has 1 aliphatic rings. The van der Waals surface area contributed by atoms with Crippen LogP contribution in [0.2, 0.25) is 0 Å². The van der Waals surface area contributed by atoms with Gasteiger partial charge in [-0.3, -0.25) is 0 Å². The Hall–Kier alpha value is -1.86. The number of aromatic nitrogens is 3. The van der Waals surface area contributed by atoms with Crippen molar-refractivity contribution < 1.29 is 14.4 Å². The molecule has 0 radical (unpaired) electrons. The van der Waals surface area contributed by atoms with Gasteiger partial charge in [0.1, 0.15) is 16.5 Å². The summed E-state index contributed by atoms with van der Waals surface area (Å²) in [5.74, 6) is 3.98. The van der Waals surface area contributed by atoms with Crippen LogP contribution in [-0.2, 0) is 0 Å². The Morgan fingerprint density at radius 3 is 2.60 bits per heavy atom. The molecule has 0 amide bonds. The van der Waals surface area contributed by atoms with Crippen LogP contribution in [0.1, 0.15) is 48.5 Å². The number of likely N-dealkylation sites (tertiary alicyclic amines) is 1. The number of hydrogen-bond donors (Lipinski definition) is 2. The lowest BCUT2D eigenvalue weighted by Crippen LogP contribution is -3.14. The van der Waals surface area contributed by atoms with Crippen molar-refractivity contribution in [3.63, 3.8) is 0 Å². The largest absolute Gasteiger partial charge is 0.492 e. The molecule has 1 saturated heterocycles. The number of hydrogen-bond acceptors (Lipinski definition) is 5. The lowest BCUT2D eigenvalue weighted by Gasteiger charge is -2.35. The van der Waals surface area contributed by atoms with Crippen molar-refractivity contribution in [3.05, 3.63) is 34.4 Å². The molecule has 2 N–H and O–H groups in total. The molecule has 3 aromatic heterocycles. The summed E-state index contributed by atoms with van der Waals surface area (Å²) >= 11 is 1.51. The zero-order valence-electron chi connectivity index (χ0n) is 15.1. The quantitative estimate of drug-likeness (QED) is 0.751. The van der Waals surface area contributed by atoms with Crippen molar-refractivity contribution in [1.82, 2.24) is 14.6 Å². The summed E-state index contributed by atoms with van der Waals surface area (Å²) in [7, 11) is 0. The summed E-state index contributed by atoms with van der Waals surface area (Å²) in [4.78, 5) is 7.48. The van der Waals surface area contributed by atoms with Crippen LogP contribution in [0.25, 0.3) is 4.96 Å². The van der Waals surface area contributed by atoms with Gasteiger partial charge in [-0.2, -0.15) is 4.52 Å². The SMILES string of the molecule is Cc1nc2sc([C@@H](c3ccc(C)o3)[NH+]3C[C@@H](C)C[C@H](C)C3)c(O)n2n1. The van der Waals surface area contributed by atoms with Gasteiger partial charge in [0.2, 0.25) is 10.8 Å². The summed E-state index contributed by atoms with van der Waals surface area (Å²) in [6.45, 7) is 10.6. The summed E-state index contributed by atoms with van der Waals surface area (Å²) < 4.78 is 7.55. The molecule has 4 rings (SSSR count). The van der Waals surface area contributed by atoms with Gasteiger partial charge >= 0.3 is 0 Å². The summed E-state index contributed by atoms with van der Waals surface area (Å²) in [5.41, 5.74) is 0. The number of aryl methyl sites for hydroxylation is 2. The van der Waals surface area contributed by atoms with Crippen LogP contribution >= 0.6 is 11.3 Å². The van der Waals surface area contributed by atoms with Crippen molar-refractivity contribution >= 4 is 16.3 Å². The van der Waals surface area contributed by atoms with Crippen molar-refractivity contribution in [2.45, 2.75) is 40.2 Å². The molecule has 4 heterocycles. The van der Waals surface area contributed by atoms with Gasteiger partial charge in [-0.1, -0.05) is 25.2 Å². The highest BCUT2D eigenvalue weighted by atomic mass is 32.1. The van der Waals surface area contributed by atoms with Crippen molar-refractivity contribution in [2.24, 2.45) is 11.8 Å². The van der Waals surface area contributed by atoms with E-state index in [1.54, 1.807) is 4.52 Å². The smallest absolute Gasteiger partial charge is 0.235 e. The fourth-order valence-corrected chi connectivity index (χ4v) is 5.39.